The maximum Gasteiger partial charge on any atom is 0.338 e. The zero-order chi connectivity index (χ0) is 24.8. The SMILES string of the molecule is N/C(=C\N(N)C(=O)N1CCCCC1Cc1ccccc1)c1ccc(-c2cccc(C(=O)O)c2)cc1. The fraction of sp³-hybridized carbons (Fsp3) is 0.214. The second-order valence-electron chi connectivity index (χ2n) is 8.77. The lowest BCUT2D eigenvalue weighted by Crippen LogP contribution is -2.51. The van der Waals surface area contributed by atoms with Crippen molar-refractivity contribution in [3.8, 4) is 11.1 Å². The van der Waals surface area contributed by atoms with Crippen molar-refractivity contribution < 1.29 is 14.7 Å². The summed E-state index contributed by atoms with van der Waals surface area (Å²) in [6.07, 6.45) is 5.24. The molecule has 180 valence electrons. The number of benzene rings is 3. The monoisotopic (exact) mass is 470 g/mol. The number of carboxylic acids is 1. The number of nitrogens with zero attached hydrogens (tertiary/aromatic N) is 2. The molecular formula is C28H30N4O3. The van der Waals surface area contributed by atoms with Crippen LogP contribution >= 0.6 is 0 Å². The van der Waals surface area contributed by atoms with Gasteiger partial charge in [-0.1, -0.05) is 66.7 Å². The molecule has 1 aliphatic heterocycles. The van der Waals surface area contributed by atoms with Crippen molar-refractivity contribution in [1.82, 2.24) is 9.91 Å². The fourth-order valence-corrected chi connectivity index (χ4v) is 4.47. The molecule has 1 aliphatic rings. The second kappa shape index (κ2) is 10.9. The van der Waals surface area contributed by atoms with Crippen molar-refractivity contribution >= 4 is 17.7 Å². The minimum absolute atomic E-state index is 0.0974. The quantitative estimate of drug-likeness (QED) is 0.275. The molecule has 5 N–H and O–H groups in total. The number of amides is 2. The largest absolute Gasteiger partial charge is 0.478 e. The first kappa shape index (κ1) is 24.0. The van der Waals surface area contributed by atoms with E-state index >= 15 is 0 Å². The normalized spacial score (nSPS) is 16.1. The van der Waals surface area contributed by atoms with Crippen LogP contribution in [0.5, 0.6) is 0 Å². The Morgan fingerprint density at radius 1 is 0.943 bits per heavy atom. The van der Waals surface area contributed by atoms with Gasteiger partial charge in [-0.25, -0.2) is 20.4 Å². The smallest absolute Gasteiger partial charge is 0.338 e. The first-order valence-electron chi connectivity index (χ1n) is 11.7. The Kier molecular flexibility index (Phi) is 7.48. The number of aromatic carboxylic acids is 1. The number of hydrogen-bond acceptors (Lipinski definition) is 4. The first-order chi connectivity index (χ1) is 16.9. The van der Waals surface area contributed by atoms with Crippen LogP contribution in [0.2, 0.25) is 0 Å². The summed E-state index contributed by atoms with van der Waals surface area (Å²) >= 11 is 0. The predicted molar refractivity (Wildman–Crippen MR) is 137 cm³/mol. The number of carbonyl (C=O) groups is 2. The predicted octanol–water partition coefficient (Wildman–Crippen LogP) is 4.70. The third-order valence-corrected chi connectivity index (χ3v) is 6.35. The van der Waals surface area contributed by atoms with E-state index in [4.69, 9.17) is 11.6 Å². The van der Waals surface area contributed by atoms with Crippen LogP contribution in [0.25, 0.3) is 16.8 Å². The van der Waals surface area contributed by atoms with E-state index in [1.807, 2.05) is 53.4 Å². The van der Waals surface area contributed by atoms with Crippen LogP contribution < -0.4 is 11.6 Å². The molecule has 35 heavy (non-hydrogen) atoms. The van der Waals surface area contributed by atoms with Crippen LogP contribution in [-0.2, 0) is 6.42 Å². The Morgan fingerprint density at radius 2 is 1.69 bits per heavy atom. The molecule has 1 unspecified atom stereocenters. The number of hydrazine groups is 1. The van der Waals surface area contributed by atoms with Gasteiger partial charge in [-0.3, -0.25) is 0 Å². The molecule has 0 spiro atoms. The van der Waals surface area contributed by atoms with Gasteiger partial charge in [0.1, 0.15) is 0 Å². The highest BCUT2D eigenvalue weighted by Crippen LogP contribution is 2.24. The van der Waals surface area contributed by atoms with Crippen molar-refractivity contribution in [3.63, 3.8) is 0 Å². The van der Waals surface area contributed by atoms with Crippen LogP contribution in [0.1, 0.15) is 40.7 Å². The van der Waals surface area contributed by atoms with E-state index in [1.165, 1.54) is 11.8 Å². The van der Waals surface area contributed by atoms with Gasteiger partial charge in [0, 0.05) is 18.8 Å². The molecule has 2 amide bonds. The molecular weight excluding hydrogens is 440 g/mol. The third-order valence-electron chi connectivity index (χ3n) is 6.35. The number of carboxylic acid groups (broad SMARTS) is 1. The highest BCUT2D eigenvalue weighted by Gasteiger charge is 2.29. The minimum Gasteiger partial charge on any atom is -0.478 e. The van der Waals surface area contributed by atoms with Crippen LogP contribution in [0, 0.1) is 0 Å². The topological polar surface area (TPSA) is 113 Å². The molecule has 1 atom stereocenters. The lowest BCUT2D eigenvalue weighted by Gasteiger charge is -2.37. The molecule has 1 heterocycles. The van der Waals surface area contributed by atoms with Crippen LogP contribution in [0.15, 0.2) is 85.1 Å². The molecule has 3 aromatic rings. The summed E-state index contributed by atoms with van der Waals surface area (Å²) in [6, 6.07) is 24.1. The van der Waals surface area contributed by atoms with Crippen molar-refractivity contribution in [1.29, 1.82) is 0 Å². The standard InChI is InChI=1S/C28H30N4O3/c29-26(22-14-12-21(13-15-22)23-9-6-10-24(18-23)27(33)34)19-32(30)28(35)31-16-5-4-11-25(31)17-20-7-2-1-3-8-20/h1-3,6-10,12-15,18-19,25H,4-5,11,16-17,29-30H2,(H,33,34)/b26-19-. The van der Waals surface area contributed by atoms with Crippen LogP contribution in [-0.4, -0.2) is 39.6 Å². The summed E-state index contributed by atoms with van der Waals surface area (Å²) in [4.78, 5) is 26.3. The zero-order valence-electron chi connectivity index (χ0n) is 19.5. The summed E-state index contributed by atoms with van der Waals surface area (Å²) in [5, 5.41) is 10.3. The van der Waals surface area contributed by atoms with Crippen molar-refractivity contribution in [2.45, 2.75) is 31.7 Å². The molecule has 0 saturated carbocycles. The Bertz CT molecular complexity index is 1210. The molecule has 0 aromatic heterocycles. The molecule has 0 aliphatic carbocycles. The lowest BCUT2D eigenvalue weighted by atomic mass is 9.96. The van der Waals surface area contributed by atoms with E-state index in [9.17, 15) is 14.7 Å². The summed E-state index contributed by atoms with van der Waals surface area (Å²) in [7, 11) is 0. The summed E-state index contributed by atoms with van der Waals surface area (Å²) in [5.74, 6) is 5.17. The van der Waals surface area contributed by atoms with Gasteiger partial charge in [0.2, 0.25) is 0 Å². The number of nitrogens with two attached hydrogens (primary N) is 2. The maximum atomic E-state index is 13.2. The minimum atomic E-state index is -0.969. The van der Waals surface area contributed by atoms with E-state index in [-0.39, 0.29) is 17.6 Å². The number of rotatable bonds is 6. The molecule has 1 saturated heterocycles. The lowest BCUT2D eigenvalue weighted by molar-refractivity contribution is 0.0697. The van der Waals surface area contributed by atoms with Gasteiger partial charge in [0.15, 0.2) is 0 Å². The van der Waals surface area contributed by atoms with Gasteiger partial charge in [0.25, 0.3) is 0 Å². The molecule has 1 fully saturated rings. The van der Waals surface area contributed by atoms with Crippen LogP contribution in [0.3, 0.4) is 0 Å². The first-order valence-corrected chi connectivity index (χ1v) is 11.7. The summed E-state index contributed by atoms with van der Waals surface area (Å²) < 4.78 is 0. The highest BCUT2D eigenvalue weighted by atomic mass is 16.4. The Hall–Kier alpha value is -4.10. The molecule has 3 aromatic carbocycles. The summed E-state index contributed by atoms with van der Waals surface area (Å²) in [6.45, 7) is 0.669. The van der Waals surface area contributed by atoms with Crippen molar-refractivity contribution in [3.05, 3.63) is 102 Å². The average Bonchev–Trinajstić information content (AvgIpc) is 2.89. The van der Waals surface area contributed by atoms with E-state index in [1.54, 1.807) is 18.2 Å². The van der Waals surface area contributed by atoms with Gasteiger partial charge < -0.3 is 15.7 Å². The third kappa shape index (κ3) is 5.88. The Labute approximate surface area is 205 Å². The van der Waals surface area contributed by atoms with E-state index in [0.29, 0.717) is 17.8 Å². The zero-order valence-corrected chi connectivity index (χ0v) is 19.5. The average molecular weight is 471 g/mol. The van der Waals surface area contributed by atoms with Gasteiger partial charge in [0.05, 0.1) is 11.3 Å². The molecule has 7 nitrogen and oxygen atoms in total. The van der Waals surface area contributed by atoms with Crippen molar-refractivity contribution in [2.24, 2.45) is 11.6 Å². The van der Waals surface area contributed by atoms with Crippen molar-refractivity contribution in [2.75, 3.05) is 6.54 Å². The maximum absolute atomic E-state index is 13.2. The van der Waals surface area contributed by atoms with E-state index < -0.39 is 5.97 Å². The fourth-order valence-electron chi connectivity index (χ4n) is 4.47. The highest BCUT2D eigenvalue weighted by molar-refractivity contribution is 5.89. The van der Waals surface area contributed by atoms with Gasteiger partial charge in [-0.2, -0.15) is 0 Å². The Morgan fingerprint density at radius 3 is 2.40 bits per heavy atom. The molecule has 4 rings (SSSR count). The number of urea groups is 1. The summed E-state index contributed by atoms with van der Waals surface area (Å²) in [5.41, 5.74) is 10.4. The molecule has 0 bridgehead atoms. The van der Waals surface area contributed by atoms with Gasteiger partial charge in [-0.05, 0) is 60.1 Å². The van der Waals surface area contributed by atoms with Crippen LogP contribution in [0.4, 0.5) is 4.79 Å². The molecule has 0 radical (unpaired) electrons. The second-order valence-corrected chi connectivity index (χ2v) is 8.77. The van der Waals surface area contributed by atoms with Gasteiger partial charge in [-0.15, -0.1) is 0 Å². The number of carbonyl (C=O) groups excluding carboxylic acids is 1. The number of hydrogen-bond donors (Lipinski definition) is 3. The van der Waals surface area contributed by atoms with Gasteiger partial charge >= 0.3 is 12.0 Å². The number of likely N-dealkylation sites (tertiary alicyclic amines) is 1. The van der Waals surface area contributed by atoms with E-state index in [2.05, 4.69) is 12.1 Å². The number of piperidine rings is 1. The Balaban J connectivity index is 1.46. The molecule has 7 heteroatoms. The van der Waals surface area contributed by atoms with E-state index in [0.717, 1.165) is 41.8 Å².